The first-order valence-electron chi connectivity index (χ1n) is 9.12. The van der Waals surface area contributed by atoms with Crippen LogP contribution < -0.4 is 5.32 Å². The number of alkyl halides is 1. The van der Waals surface area contributed by atoms with E-state index in [4.69, 9.17) is 9.47 Å². The van der Waals surface area contributed by atoms with E-state index < -0.39 is 35.5 Å². The summed E-state index contributed by atoms with van der Waals surface area (Å²) in [6.07, 6.45) is -1.93. The van der Waals surface area contributed by atoms with Gasteiger partial charge in [0.1, 0.15) is 11.6 Å². The molecule has 2 aromatic carbocycles. The van der Waals surface area contributed by atoms with Crippen molar-refractivity contribution in [2.24, 2.45) is 0 Å². The Morgan fingerprint density at radius 3 is 2.29 bits per heavy atom. The number of hydrogen-bond donors (Lipinski definition) is 1. The van der Waals surface area contributed by atoms with Crippen LogP contribution in [0.1, 0.15) is 49.6 Å². The molecule has 5 nitrogen and oxygen atoms in total. The highest BCUT2D eigenvalue weighted by Gasteiger charge is 2.65. The molecule has 0 spiro atoms. The molecule has 1 aliphatic heterocycles. The predicted molar refractivity (Wildman–Crippen MR) is 102 cm³/mol. The summed E-state index contributed by atoms with van der Waals surface area (Å²) in [6.45, 7) is 7.03. The molecule has 148 valence electrons. The topological polar surface area (TPSA) is 64.6 Å². The number of amides is 1. The van der Waals surface area contributed by atoms with Gasteiger partial charge in [-0.1, -0.05) is 60.2 Å². The highest BCUT2D eigenvalue weighted by Crippen LogP contribution is 2.51. The molecular formula is C22H24FNO4. The number of rotatable bonds is 4. The van der Waals surface area contributed by atoms with Gasteiger partial charge < -0.3 is 14.8 Å². The molecule has 2 aromatic rings. The molecule has 0 unspecified atom stereocenters. The van der Waals surface area contributed by atoms with Gasteiger partial charge >= 0.3 is 12.1 Å². The number of nitrogens with one attached hydrogen (secondary N) is 1. The second kappa shape index (κ2) is 7.26. The molecule has 0 saturated carbocycles. The van der Waals surface area contributed by atoms with Gasteiger partial charge in [0.2, 0.25) is 0 Å². The van der Waals surface area contributed by atoms with Gasteiger partial charge in [-0.25, -0.2) is 14.0 Å². The summed E-state index contributed by atoms with van der Waals surface area (Å²) in [5, 5.41) is 2.54. The number of hydrogen-bond acceptors (Lipinski definition) is 4. The van der Waals surface area contributed by atoms with Gasteiger partial charge in [-0.15, -0.1) is 0 Å². The van der Waals surface area contributed by atoms with Gasteiger partial charge in [0.15, 0.2) is 6.10 Å². The van der Waals surface area contributed by atoms with Crippen molar-refractivity contribution in [3.8, 4) is 0 Å². The second-order valence-corrected chi connectivity index (χ2v) is 7.95. The number of carbonyl (C=O) groups is 2. The molecule has 1 aliphatic rings. The molecule has 0 radical (unpaired) electrons. The average molecular weight is 385 g/mol. The van der Waals surface area contributed by atoms with E-state index >= 15 is 4.39 Å². The van der Waals surface area contributed by atoms with Crippen molar-refractivity contribution in [2.75, 3.05) is 0 Å². The number of benzene rings is 2. The minimum Gasteiger partial charge on any atom is -0.451 e. The summed E-state index contributed by atoms with van der Waals surface area (Å²) in [5.74, 6) is -1.01. The molecule has 1 heterocycles. The van der Waals surface area contributed by atoms with Crippen LogP contribution in [0, 0.1) is 6.92 Å². The van der Waals surface area contributed by atoms with Gasteiger partial charge in [-0.05, 0) is 38.8 Å². The van der Waals surface area contributed by atoms with E-state index in [-0.39, 0.29) is 0 Å². The third-order valence-electron chi connectivity index (χ3n) is 4.51. The van der Waals surface area contributed by atoms with Gasteiger partial charge in [0.05, 0.1) is 0 Å². The van der Waals surface area contributed by atoms with Crippen LogP contribution in [0.2, 0.25) is 0 Å². The summed E-state index contributed by atoms with van der Waals surface area (Å²) < 4.78 is 26.6. The zero-order chi connectivity index (χ0) is 20.5. The van der Waals surface area contributed by atoms with Crippen LogP contribution >= 0.6 is 0 Å². The standard InChI is InChI=1S/C22H24FNO4/c1-14-10-12-15(13-11-14)17(24-20(26)28-21(2,3)4)22(23)18(27-19(22)25)16-8-6-5-7-9-16/h5-13,17-18H,1-4H3,(H,24,26)/t17-,18-,22-/m0/s1. The largest absolute Gasteiger partial charge is 0.451 e. The maximum atomic E-state index is 16.1. The van der Waals surface area contributed by atoms with Gasteiger partial charge in [-0.2, -0.15) is 0 Å². The Bertz CT molecular complexity index is 860. The first-order chi connectivity index (χ1) is 13.1. The van der Waals surface area contributed by atoms with Crippen LogP contribution in [0.5, 0.6) is 0 Å². The fourth-order valence-corrected chi connectivity index (χ4v) is 3.15. The minimum atomic E-state index is -2.45. The van der Waals surface area contributed by atoms with Crippen LogP contribution in [0.4, 0.5) is 9.18 Å². The first kappa shape index (κ1) is 19.9. The summed E-state index contributed by atoms with van der Waals surface area (Å²) in [4.78, 5) is 24.7. The molecule has 28 heavy (non-hydrogen) atoms. The van der Waals surface area contributed by atoms with Gasteiger partial charge in [0.25, 0.3) is 5.67 Å². The zero-order valence-electron chi connectivity index (χ0n) is 16.4. The van der Waals surface area contributed by atoms with E-state index in [1.54, 1.807) is 75.4 Å². The van der Waals surface area contributed by atoms with Crippen molar-refractivity contribution in [3.63, 3.8) is 0 Å². The molecule has 1 saturated heterocycles. The highest BCUT2D eigenvalue weighted by molar-refractivity contribution is 5.88. The molecular weight excluding hydrogens is 361 g/mol. The van der Waals surface area contributed by atoms with Crippen LogP contribution in [-0.2, 0) is 14.3 Å². The number of carbonyl (C=O) groups excluding carboxylic acids is 2. The van der Waals surface area contributed by atoms with Crippen LogP contribution in [0.25, 0.3) is 0 Å². The number of alkyl carbamates (subject to hydrolysis) is 1. The summed E-state index contributed by atoms with van der Waals surface area (Å²) in [7, 11) is 0. The second-order valence-electron chi connectivity index (χ2n) is 7.95. The highest BCUT2D eigenvalue weighted by atomic mass is 19.1. The molecule has 3 atom stereocenters. The normalized spacial score (nSPS) is 22.6. The minimum absolute atomic E-state index is 0.455. The monoisotopic (exact) mass is 385 g/mol. The van der Waals surface area contributed by atoms with E-state index in [9.17, 15) is 9.59 Å². The van der Waals surface area contributed by atoms with E-state index in [1.807, 2.05) is 6.92 Å². The lowest BCUT2D eigenvalue weighted by Crippen LogP contribution is -2.61. The lowest BCUT2D eigenvalue weighted by Gasteiger charge is -2.45. The molecule has 6 heteroatoms. The lowest BCUT2D eigenvalue weighted by atomic mass is 9.78. The molecule has 3 rings (SSSR count). The zero-order valence-corrected chi connectivity index (χ0v) is 16.4. The Morgan fingerprint density at radius 1 is 1.14 bits per heavy atom. The van der Waals surface area contributed by atoms with Gasteiger partial charge in [-0.3, -0.25) is 0 Å². The predicted octanol–water partition coefficient (Wildman–Crippen LogP) is 4.57. The van der Waals surface area contributed by atoms with Crippen molar-refractivity contribution in [1.82, 2.24) is 5.32 Å². The van der Waals surface area contributed by atoms with Crippen molar-refractivity contribution in [2.45, 2.75) is 51.1 Å². The number of esters is 1. The van der Waals surface area contributed by atoms with Crippen molar-refractivity contribution in [3.05, 3.63) is 71.3 Å². The van der Waals surface area contributed by atoms with Crippen molar-refractivity contribution in [1.29, 1.82) is 0 Å². The first-order valence-corrected chi connectivity index (χ1v) is 9.12. The quantitative estimate of drug-likeness (QED) is 0.783. The molecule has 0 aromatic heterocycles. The van der Waals surface area contributed by atoms with E-state index in [2.05, 4.69) is 5.32 Å². The number of halogens is 1. The Balaban J connectivity index is 1.98. The van der Waals surface area contributed by atoms with E-state index in [0.29, 0.717) is 11.1 Å². The smallest absolute Gasteiger partial charge is 0.408 e. The number of ether oxygens (including phenoxy) is 2. The average Bonchev–Trinajstić information content (AvgIpc) is 2.63. The van der Waals surface area contributed by atoms with Gasteiger partial charge in [0, 0.05) is 0 Å². The molecule has 0 aliphatic carbocycles. The Kier molecular flexibility index (Phi) is 5.15. The molecule has 1 fully saturated rings. The Morgan fingerprint density at radius 2 is 1.75 bits per heavy atom. The molecule has 0 bridgehead atoms. The van der Waals surface area contributed by atoms with Crippen LogP contribution in [0.3, 0.4) is 0 Å². The van der Waals surface area contributed by atoms with Crippen molar-refractivity contribution >= 4 is 12.1 Å². The fourth-order valence-electron chi connectivity index (χ4n) is 3.15. The molecule has 1 N–H and O–H groups in total. The van der Waals surface area contributed by atoms with Crippen LogP contribution in [0.15, 0.2) is 54.6 Å². The summed E-state index contributed by atoms with van der Waals surface area (Å²) in [5.41, 5.74) is -1.26. The maximum absolute atomic E-state index is 16.1. The molecule has 1 amide bonds. The van der Waals surface area contributed by atoms with Crippen LogP contribution in [-0.4, -0.2) is 23.3 Å². The van der Waals surface area contributed by atoms with Crippen molar-refractivity contribution < 1.29 is 23.5 Å². The maximum Gasteiger partial charge on any atom is 0.408 e. The number of cyclic esters (lactones) is 1. The van der Waals surface area contributed by atoms with E-state index in [0.717, 1.165) is 5.56 Å². The third kappa shape index (κ3) is 3.86. The van der Waals surface area contributed by atoms with E-state index in [1.165, 1.54) is 0 Å². The summed E-state index contributed by atoms with van der Waals surface area (Å²) in [6, 6.07) is 14.4. The lowest BCUT2D eigenvalue weighted by molar-refractivity contribution is -0.219. The number of aryl methyl sites for hydroxylation is 1. The fraction of sp³-hybridized carbons (Fsp3) is 0.364. The third-order valence-corrected chi connectivity index (χ3v) is 4.51. The summed E-state index contributed by atoms with van der Waals surface area (Å²) >= 11 is 0. The Labute approximate surface area is 163 Å². The SMILES string of the molecule is Cc1ccc([C@H](NC(=O)OC(C)(C)C)[C@@]2(F)C(=O)O[C@H]2c2ccccc2)cc1. The Hall–Kier alpha value is -2.89.